The highest BCUT2D eigenvalue weighted by atomic mass is 16.5. The van der Waals surface area contributed by atoms with Gasteiger partial charge in [0.25, 0.3) is 0 Å². The Morgan fingerprint density at radius 2 is 1.52 bits per heavy atom. The molecule has 3 heteroatoms. The van der Waals surface area contributed by atoms with Crippen LogP contribution in [0.1, 0.15) is 37.0 Å². The van der Waals surface area contributed by atoms with E-state index in [1.165, 1.54) is 11.1 Å². The molecule has 1 N–H and O–H groups in total. The molecule has 150 valence electrons. The quantitative estimate of drug-likeness (QED) is 0.396. The van der Waals surface area contributed by atoms with Gasteiger partial charge in [0.1, 0.15) is 17.7 Å². The number of benzene rings is 3. The van der Waals surface area contributed by atoms with Gasteiger partial charge in [-0.2, -0.15) is 0 Å². The third-order valence-electron chi connectivity index (χ3n) is 5.09. The third kappa shape index (κ3) is 5.07. The van der Waals surface area contributed by atoms with Gasteiger partial charge >= 0.3 is 0 Å². The largest absolute Gasteiger partial charge is 0.508 e. The number of allylic oxidation sites excluding steroid dienone is 1. The van der Waals surface area contributed by atoms with Gasteiger partial charge in [0.2, 0.25) is 0 Å². The molecular formula is C26H29NO2. The predicted octanol–water partition coefficient (Wildman–Crippen LogP) is 6.05. The number of phenolic OH excluding ortho intramolecular Hbond substituents is 1. The summed E-state index contributed by atoms with van der Waals surface area (Å²) in [6, 6.07) is 26.1. The minimum atomic E-state index is -0.00236. The van der Waals surface area contributed by atoms with E-state index in [1.54, 1.807) is 6.07 Å². The van der Waals surface area contributed by atoms with Crippen LogP contribution in [0.3, 0.4) is 0 Å². The number of hydrogen-bond donors (Lipinski definition) is 1. The smallest absolute Gasteiger partial charge is 0.149 e. The van der Waals surface area contributed by atoms with Crippen molar-refractivity contribution in [2.24, 2.45) is 0 Å². The van der Waals surface area contributed by atoms with Crippen molar-refractivity contribution in [3.63, 3.8) is 0 Å². The highest BCUT2D eigenvalue weighted by Gasteiger charge is 2.14. The number of nitrogens with zero attached hydrogens (tertiary/aromatic N) is 1. The molecule has 0 heterocycles. The maximum Gasteiger partial charge on any atom is 0.149 e. The van der Waals surface area contributed by atoms with E-state index in [2.05, 4.69) is 43.3 Å². The zero-order valence-electron chi connectivity index (χ0n) is 17.6. The fourth-order valence-electron chi connectivity index (χ4n) is 3.34. The van der Waals surface area contributed by atoms with E-state index in [0.717, 1.165) is 28.9 Å². The molecule has 0 aliphatic carbocycles. The molecule has 0 fully saturated rings. The van der Waals surface area contributed by atoms with Crippen LogP contribution in [0.5, 0.6) is 11.5 Å². The lowest BCUT2D eigenvalue weighted by Crippen LogP contribution is -2.30. The zero-order chi connectivity index (χ0) is 20.8. The lowest BCUT2D eigenvalue weighted by molar-refractivity contribution is 0.0815. The summed E-state index contributed by atoms with van der Waals surface area (Å²) in [6.07, 6.45) is 0.878. The molecule has 0 aliphatic rings. The van der Waals surface area contributed by atoms with Crippen LogP contribution < -0.4 is 4.74 Å². The third-order valence-corrected chi connectivity index (χ3v) is 5.09. The fraction of sp³-hybridized carbons (Fsp3) is 0.231. The van der Waals surface area contributed by atoms with Gasteiger partial charge in [-0.05, 0) is 79.5 Å². The lowest BCUT2D eigenvalue weighted by Gasteiger charge is -2.22. The van der Waals surface area contributed by atoms with E-state index in [1.807, 2.05) is 62.3 Å². The van der Waals surface area contributed by atoms with Crippen LogP contribution in [-0.4, -0.2) is 30.3 Å². The van der Waals surface area contributed by atoms with Gasteiger partial charge in [0, 0.05) is 0 Å². The Labute approximate surface area is 173 Å². The summed E-state index contributed by atoms with van der Waals surface area (Å²) in [6.45, 7) is 4.19. The topological polar surface area (TPSA) is 32.7 Å². The van der Waals surface area contributed by atoms with Gasteiger partial charge in [-0.25, -0.2) is 0 Å². The summed E-state index contributed by atoms with van der Waals surface area (Å²) in [7, 11) is 3.99. The maximum atomic E-state index is 10.1. The standard InChI is InChI=1S/C26H29NO2/c1-5-25(20-10-7-6-8-11-20)26(22-12-9-13-23(28)18-22)21-14-16-24(17-15-21)29-19(2)27(3)4/h6-19,28H,5H2,1-4H3/b26-25+. The molecule has 0 bridgehead atoms. The first-order valence-electron chi connectivity index (χ1n) is 10.0. The van der Waals surface area contributed by atoms with Gasteiger partial charge in [-0.1, -0.05) is 61.5 Å². The molecule has 0 radical (unpaired) electrons. The molecule has 1 unspecified atom stereocenters. The van der Waals surface area contributed by atoms with Crippen molar-refractivity contribution >= 4 is 11.1 Å². The minimum Gasteiger partial charge on any atom is -0.508 e. The van der Waals surface area contributed by atoms with Gasteiger partial charge < -0.3 is 9.84 Å². The van der Waals surface area contributed by atoms with Crippen LogP contribution >= 0.6 is 0 Å². The summed E-state index contributed by atoms with van der Waals surface area (Å²) >= 11 is 0. The minimum absolute atomic E-state index is 0.00236. The second kappa shape index (κ2) is 9.44. The zero-order valence-corrected chi connectivity index (χ0v) is 17.6. The van der Waals surface area contributed by atoms with E-state index in [9.17, 15) is 5.11 Å². The van der Waals surface area contributed by atoms with Gasteiger partial charge in [0.05, 0.1) is 0 Å². The molecule has 29 heavy (non-hydrogen) atoms. The van der Waals surface area contributed by atoms with Crippen LogP contribution in [0, 0.1) is 0 Å². The monoisotopic (exact) mass is 387 g/mol. The van der Waals surface area contributed by atoms with Crippen molar-refractivity contribution in [2.45, 2.75) is 26.5 Å². The molecule has 0 saturated carbocycles. The molecular weight excluding hydrogens is 358 g/mol. The summed E-state index contributed by atoms with van der Waals surface area (Å²) in [5, 5.41) is 10.1. The van der Waals surface area contributed by atoms with Crippen molar-refractivity contribution in [3.8, 4) is 11.5 Å². The summed E-state index contributed by atoms with van der Waals surface area (Å²) in [5.41, 5.74) is 5.66. The second-order valence-corrected chi connectivity index (χ2v) is 7.33. The fourth-order valence-corrected chi connectivity index (χ4v) is 3.34. The Bertz CT molecular complexity index is 960. The lowest BCUT2D eigenvalue weighted by atomic mass is 9.88. The van der Waals surface area contributed by atoms with Crippen LogP contribution in [0.15, 0.2) is 78.9 Å². The summed E-state index contributed by atoms with van der Waals surface area (Å²) in [4.78, 5) is 2.02. The van der Waals surface area contributed by atoms with Gasteiger partial charge in [-0.3, -0.25) is 4.90 Å². The number of ether oxygens (including phenoxy) is 1. The number of hydrogen-bond acceptors (Lipinski definition) is 3. The van der Waals surface area contributed by atoms with E-state index >= 15 is 0 Å². The maximum absolute atomic E-state index is 10.1. The highest BCUT2D eigenvalue weighted by molar-refractivity contribution is 5.98. The molecule has 0 aliphatic heterocycles. The summed E-state index contributed by atoms with van der Waals surface area (Å²) in [5.74, 6) is 1.10. The first-order valence-corrected chi connectivity index (χ1v) is 10.0. The first-order chi connectivity index (χ1) is 14.0. The molecule has 0 saturated heterocycles. The van der Waals surface area contributed by atoms with Crippen molar-refractivity contribution in [3.05, 3.63) is 95.6 Å². The SMILES string of the molecule is CC/C(=C(/c1ccc(OC(C)N(C)C)cc1)c1cccc(O)c1)c1ccccc1. The Morgan fingerprint density at radius 3 is 2.10 bits per heavy atom. The van der Waals surface area contributed by atoms with Crippen LogP contribution in [0.4, 0.5) is 0 Å². The molecule has 0 amide bonds. The van der Waals surface area contributed by atoms with Crippen molar-refractivity contribution < 1.29 is 9.84 Å². The normalized spacial score (nSPS) is 13.1. The molecule has 3 aromatic carbocycles. The number of phenols is 1. The van der Waals surface area contributed by atoms with E-state index < -0.39 is 0 Å². The first kappa shape index (κ1) is 20.7. The molecule has 3 aromatic rings. The Kier molecular flexibility index (Phi) is 6.73. The Morgan fingerprint density at radius 1 is 0.862 bits per heavy atom. The molecule has 1 atom stereocenters. The average Bonchev–Trinajstić information content (AvgIpc) is 2.73. The molecule has 0 spiro atoms. The molecule has 0 aromatic heterocycles. The van der Waals surface area contributed by atoms with Crippen molar-refractivity contribution in [1.29, 1.82) is 0 Å². The second-order valence-electron chi connectivity index (χ2n) is 7.33. The highest BCUT2D eigenvalue weighted by Crippen LogP contribution is 2.36. The van der Waals surface area contributed by atoms with Crippen LogP contribution in [-0.2, 0) is 0 Å². The Balaban J connectivity index is 2.10. The molecule has 3 rings (SSSR count). The van der Waals surface area contributed by atoms with E-state index in [0.29, 0.717) is 0 Å². The van der Waals surface area contributed by atoms with Gasteiger partial charge in [-0.15, -0.1) is 0 Å². The van der Waals surface area contributed by atoms with Gasteiger partial charge in [0.15, 0.2) is 0 Å². The average molecular weight is 388 g/mol. The van der Waals surface area contributed by atoms with E-state index in [4.69, 9.17) is 4.74 Å². The summed E-state index contributed by atoms with van der Waals surface area (Å²) < 4.78 is 5.98. The predicted molar refractivity (Wildman–Crippen MR) is 121 cm³/mol. The number of aromatic hydroxyl groups is 1. The Hall–Kier alpha value is -3.04. The van der Waals surface area contributed by atoms with Crippen LogP contribution in [0.25, 0.3) is 11.1 Å². The number of rotatable bonds is 7. The van der Waals surface area contributed by atoms with Crippen LogP contribution in [0.2, 0.25) is 0 Å². The van der Waals surface area contributed by atoms with Crippen molar-refractivity contribution in [1.82, 2.24) is 4.90 Å². The van der Waals surface area contributed by atoms with Crippen molar-refractivity contribution in [2.75, 3.05) is 14.1 Å². The molecule has 3 nitrogen and oxygen atoms in total. The van der Waals surface area contributed by atoms with E-state index in [-0.39, 0.29) is 12.0 Å².